The molecular formula is C29H28N2O7S. The highest BCUT2D eigenvalue weighted by Crippen LogP contribution is 2.45. The Morgan fingerprint density at radius 3 is 2.72 bits per heavy atom. The summed E-state index contributed by atoms with van der Waals surface area (Å²) in [7, 11) is 0. The van der Waals surface area contributed by atoms with Gasteiger partial charge in [0.05, 0.1) is 30.5 Å². The van der Waals surface area contributed by atoms with E-state index in [-0.39, 0.29) is 34.1 Å². The third-order valence-corrected chi connectivity index (χ3v) is 7.69. The van der Waals surface area contributed by atoms with Crippen molar-refractivity contribution in [1.29, 1.82) is 0 Å². The molecule has 202 valence electrons. The van der Waals surface area contributed by atoms with Gasteiger partial charge in [-0.3, -0.25) is 14.5 Å². The number of esters is 1. The highest BCUT2D eigenvalue weighted by Gasteiger charge is 2.48. The first-order valence-electron chi connectivity index (χ1n) is 12.7. The van der Waals surface area contributed by atoms with E-state index in [0.29, 0.717) is 35.6 Å². The van der Waals surface area contributed by atoms with Gasteiger partial charge in [-0.25, -0.2) is 9.78 Å². The van der Waals surface area contributed by atoms with Crippen LogP contribution in [0.15, 0.2) is 48.0 Å². The zero-order valence-electron chi connectivity index (χ0n) is 22.0. The molecule has 10 heteroatoms. The summed E-state index contributed by atoms with van der Waals surface area (Å²) in [6, 6.07) is 11.2. The lowest BCUT2D eigenvalue weighted by atomic mass is 9.94. The van der Waals surface area contributed by atoms with Gasteiger partial charge in [-0.1, -0.05) is 23.5 Å². The Bertz CT molecular complexity index is 1510. The van der Waals surface area contributed by atoms with Crippen molar-refractivity contribution in [2.75, 3.05) is 18.1 Å². The van der Waals surface area contributed by atoms with Crippen LogP contribution in [0.5, 0.6) is 11.5 Å². The molecular weight excluding hydrogens is 520 g/mol. The molecule has 3 heterocycles. The van der Waals surface area contributed by atoms with Crippen molar-refractivity contribution < 1.29 is 33.7 Å². The normalized spacial score (nSPS) is 19.6. The Morgan fingerprint density at radius 2 is 1.97 bits per heavy atom. The van der Waals surface area contributed by atoms with Crippen molar-refractivity contribution in [3.63, 3.8) is 0 Å². The SMILES string of the molecule is CCOC(=O)c1sc(N2C(=O)C(=O)C(=C(O)c3ccc4c(c3)C[C@@H](C)O4)[C@@H]2c2cccc(OCC)c2)nc1C. The van der Waals surface area contributed by atoms with Crippen LogP contribution in [0.1, 0.15) is 58.9 Å². The van der Waals surface area contributed by atoms with E-state index in [1.165, 1.54) is 4.90 Å². The number of rotatable bonds is 7. The average Bonchev–Trinajstić information content (AvgIpc) is 3.56. The number of fused-ring (bicyclic) bond motifs is 1. The zero-order chi connectivity index (χ0) is 27.8. The molecule has 0 aliphatic carbocycles. The molecule has 0 unspecified atom stereocenters. The molecule has 2 atom stereocenters. The van der Waals surface area contributed by atoms with Crippen LogP contribution in [0.3, 0.4) is 0 Å². The van der Waals surface area contributed by atoms with Crippen molar-refractivity contribution >= 4 is 39.9 Å². The van der Waals surface area contributed by atoms with Gasteiger partial charge >= 0.3 is 11.9 Å². The number of hydrogen-bond donors (Lipinski definition) is 1. The molecule has 39 heavy (non-hydrogen) atoms. The van der Waals surface area contributed by atoms with Crippen LogP contribution in [0.4, 0.5) is 5.13 Å². The van der Waals surface area contributed by atoms with Gasteiger partial charge in [-0.15, -0.1) is 0 Å². The molecule has 3 aromatic rings. The summed E-state index contributed by atoms with van der Waals surface area (Å²) in [5.41, 5.74) is 2.16. The fourth-order valence-corrected chi connectivity index (χ4v) is 5.87. The lowest BCUT2D eigenvalue weighted by molar-refractivity contribution is -0.132. The summed E-state index contributed by atoms with van der Waals surface area (Å²) in [6.07, 6.45) is 0.672. The Morgan fingerprint density at radius 1 is 1.18 bits per heavy atom. The van der Waals surface area contributed by atoms with E-state index in [1.807, 2.05) is 13.8 Å². The number of hydrogen-bond acceptors (Lipinski definition) is 9. The van der Waals surface area contributed by atoms with Crippen molar-refractivity contribution in [2.24, 2.45) is 0 Å². The molecule has 0 saturated carbocycles. The smallest absolute Gasteiger partial charge is 0.350 e. The number of aliphatic hydroxyl groups excluding tert-OH is 1. The number of anilines is 1. The maximum absolute atomic E-state index is 13.5. The summed E-state index contributed by atoms with van der Waals surface area (Å²) in [4.78, 5) is 45.5. The number of amides is 1. The Kier molecular flexibility index (Phi) is 7.14. The minimum atomic E-state index is -1.01. The van der Waals surface area contributed by atoms with Crippen molar-refractivity contribution in [3.05, 3.63) is 75.3 Å². The maximum atomic E-state index is 13.5. The number of ketones is 1. The molecule has 1 N–H and O–H groups in total. The maximum Gasteiger partial charge on any atom is 0.350 e. The van der Waals surface area contributed by atoms with E-state index in [0.717, 1.165) is 22.6 Å². The minimum absolute atomic E-state index is 0.00557. The number of Topliss-reactive ketones (excluding diaryl/α,β-unsaturated/α-hetero) is 1. The number of benzene rings is 2. The van der Waals surface area contributed by atoms with E-state index >= 15 is 0 Å². The van der Waals surface area contributed by atoms with Crippen LogP contribution in [-0.4, -0.2) is 47.1 Å². The number of thiazole rings is 1. The zero-order valence-corrected chi connectivity index (χ0v) is 22.8. The van der Waals surface area contributed by atoms with Crippen molar-refractivity contribution in [2.45, 2.75) is 46.3 Å². The number of ether oxygens (including phenoxy) is 3. The van der Waals surface area contributed by atoms with Crippen molar-refractivity contribution in [3.8, 4) is 11.5 Å². The predicted octanol–water partition coefficient (Wildman–Crippen LogP) is 4.98. The fraction of sp³-hybridized carbons (Fsp3) is 0.310. The lowest BCUT2D eigenvalue weighted by Gasteiger charge is -2.23. The second-order valence-electron chi connectivity index (χ2n) is 9.26. The van der Waals surface area contributed by atoms with Gasteiger partial charge in [-0.2, -0.15) is 0 Å². The topological polar surface area (TPSA) is 115 Å². The first kappa shape index (κ1) is 26.4. The number of aryl methyl sites for hydroxylation is 1. The van der Waals surface area contributed by atoms with Gasteiger partial charge in [0.2, 0.25) is 0 Å². The van der Waals surface area contributed by atoms with E-state index in [1.54, 1.807) is 56.3 Å². The van der Waals surface area contributed by atoms with Gasteiger partial charge in [0.15, 0.2) is 5.13 Å². The van der Waals surface area contributed by atoms with Crippen LogP contribution in [0.25, 0.3) is 5.76 Å². The Hall–Kier alpha value is -4.18. The van der Waals surface area contributed by atoms with Crippen LogP contribution >= 0.6 is 11.3 Å². The highest BCUT2D eigenvalue weighted by atomic mass is 32.1. The van der Waals surface area contributed by atoms with Crippen molar-refractivity contribution in [1.82, 2.24) is 4.98 Å². The molecule has 1 amide bonds. The third kappa shape index (κ3) is 4.76. The van der Waals surface area contributed by atoms with E-state index < -0.39 is 23.7 Å². The summed E-state index contributed by atoms with van der Waals surface area (Å²) in [6.45, 7) is 7.76. The largest absolute Gasteiger partial charge is 0.507 e. The molecule has 1 saturated heterocycles. The molecule has 0 radical (unpaired) electrons. The number of nitrogens with zero attached hydrogens (tertiary/aromatic N) is 2. The highest BCUT2D eigenvalue weighted by molar-refractivity contribution is 7.17. The van der Waals surface area contributed by atoms with Gasteiger partial charge in [0.1, 0.15) is 28.2 Å². The fourth-order valence-electron chi connectivity index (χ4n) is 4.88. The molecule has 0 bridgehead atoms. The summed E-state index contributed by atoms with van der Waals surface area (Å²) < 4.78 is 16.6. The minimum Gasteiger partial charge on any atom is -0.507 e. The Balaban J connectivity index is 1.67. The van der Waals surface area contributed by atoms with Crippen LogP contribution in [0, 0.1) is 6.92 Å². The van der Waals surface area contributed by atoms with Crippen LogP contribution in [-0.2, 0) is 20.7 Å². The van der Waals surface area contributed by atoms with Gasteiger partial charge in [-0.05, 0) is 69.2 Å². The van der Waals surface area contributed by atoms with Crippen LogP contribution in [0.2, 0.25) is 0 Å². The Labute approximate surface area is 229 Å². The quantitative estimate of drug-likeness (QED) is 0.190. The van der Waals surface area contributed by atoms with Crippen LogP contribution < -0.4 is 14.4 Å². The summed E-state index contributed by atoms with van der Waals surface area (Å²) in [5.74, 6) is -1.29. The molecule has 2 aromatic carbocycles. The molecule has 5 rings (SSSR count). The molecule has 0 spiro atoms. The summed E-state index contributed by atoms with van der Waals surface area (Å²) >= 11 is 0.965. The van der Waals surface area contributed by atoms with Gasteiger partial charge in [0.25, 0.3) is 5.78 Å². The second-order valence-corrected chi connectivity index (χ2v) is 10.2. The summed E-state index contributed by atoms with van der Waals surface area (Å²) in [5, 5.41) is 11.7. The number of carbonyl (C=O) groups is 3. The third-order valence-electron chi connectivity index (χ3n) is 6.55. The number of aliphatic hydroxyl groups is 1. The predicted molar refractivity (Wildman–Crippen MR) is 145 cm³/mol. The first-order valence-corrected chi connectivity index (χ1v) is 13.5. The lowest BCUT2D eigenvalue weighted by Crippen LogP contribution is -2.29. The molecule has 2 aliphatic rings. The molecule has 9 nitrogen and oxygen atoms in total. The molecule has 1 fully saturated rings. The number of carbonyl (C=O) groups excluding carboxylic acids is 3. The van der Waals surface area contributed by atoms with Gasteiger partial charge in [0, 0.05) is 12.0 Å². The monoisotopic (exact) mass is 548 g/mol. The molecule has 2 aliphatic heterocycles. The standard InChI is InChI=1S/C29H28N2O7S/c1-5-36-20-9-7-8-17(14-20)23-22(24(32)18-10-11-21-19(13-18)12-15(3)38-21)25(33)27(34)31(23)29-30-16(4)26(39-29)28(35)37-6-2/h7-11,13-15,23,32H,5-6,12H2,1-4H3/t15-,23+/m1/s1. The number of aromatic nitrogens is 1. The van der Waals surface area contributed by atoms with E-state index in [4.69, 9.17) is 14.2 Å². The second kappa shape index (κ2) is 10.5. The van der Waals surface area contributed by atoms with E-state index in [2.05, 4.69) is 4.98 Å². The van der Waals surface area contributed by atoms with E-state index in [9.17, 15) is 19.5 Å². The molecule has 1 aromatic heterocycles. The van der Waals surface area contributed by atoms with Gasteiger partial charge < -0.3 is 19.3 Å². The average molecular weight is 549 g/mol. The first-order chi connectivity index (χ1) is 18.7.